The van der Waals surface area contributed by atoms with Crippen LogP contribution >= 0.6 is 0 Å². The Labute approximate surface area is 79.1 Å². The van der Waals surface area contributed by atoms with Gasteiger partial charge >= 0.3 is 0 Å². The van der Waals surface area contributed by atoms with Crippen LogP contribution in [-0.2, 0) is 9.59 Å². The summed E-state index contributed by atoms with van der Waals surface area (Å²) in [7, 11) is 1.75. The van der Waals surface area contributed by atoms with Crippen molar-refractivity contribution in [3.05, 3.63) is 0 Å². The SMILES string of the molecule is CC(C)C(=O)[C@]1(C)CCN(C)C1=O. The maximum atomic E-state index is 11.8. The Bertz CT molecular complexity index is 247. The zero-order chi connectivity index (χ0) is 10.2. The van der Waals surface area contributed by atoms with E-state index in [4.69, 9.17) is 0 Å². The van der Waals surface area contributed by atoms with Crippen LogP contribution in [0.5, 0.6) is 0 Å². The van der Waals surface area contributed by atoms with Gasteiger partial charge in [-0.05, 0) is 13.3 Å². The third kappa shape index (κ3) is 1.47. The molecule has 13 heavy (non-hydrogen) atoms. The summed E-state index contributed by atoms with van der Waals surface area (Å²) in [4.78, 5) is 25.1. The number of carbonyl (C=O) groups excluding carboxylic acids is 2. The van der Waals surface area contributed by atoms with Crippen molar-refractivity contribution in [3.63, 3.8) is 0 Å². The molecule has 0 radical (unpaired) electrons. The third-order valence-corrected chi connectivity index (χ3v) is 2.83. The Hall–Kier alpha value is -0.860. The van der Waals surface area contributed by atoms with Crippen LogP contribution in [0.4, 0.5) is 0 Å². The summed E-state index contributed by atoms with van der Waals surface area (Å²) in [6.07, 6.45) is 0.666. The van der Waals surface area contributed by atoms with Crippen molar-refractivity contribution in [2.24, 2.45) is 11.3 Å². The number of ketones is 1. The number of hydrogen-bond acceptors (Lipinski definition) is 2. The molecule has 0 spiro atoms. The fourth-order valence-corrected chi connectivity index (χ4v) is 1.89. The molecule has 0 aromatic heterocycles. The second kappa shape index (κ2) is 3.13. The highest BCUT2D eigenvalue weighted by atomic mass is 16.2. The van der Waals surface area contributed by atoms with Crippen LogP contribution in [0.1, 0.15) is 27.2 Å². The summed E-state index contributed by atoms with van der Waals surface area (Å²) in [6.45, 7) is 6.16. The van der Waals surface area contributed by atoms with Gasteiger partial charge in [-0.2, -0.15) is 0 Å². The van der Waals surface area contributed by atoms with Crippen LogP contribution in [0.25, 0.3) is 0 Å². The highest BCUT2D eigenvalue weighted by Gasteiger charge is 2.47. The van der Waals surface area contributed by atoms with Gasteiger partial charge in [0.05, 0.1) is 0 Å². The van der Waals surface area contributed by atoms with Gasteiger partial charge in [-0.1, -0.05) is 13.8 Å². The molecule has 1 saturated heterocycles. The first-order valence-corrected chi connectivity index (χ1v) is 4.69. The first-order chi connectivity index (χ1) is 5.89. The van der Waals surface area contributed by atoms with Gasteiger partial charge in [-0.3, -0.25) is 9.59 Å². The van der Waals surface area contributed by atoms with Crippen molar-refractivity contribution in [3.8, 4) is 0 Å². The first kappa shape index (κ1) is 10.2. The van der Waals surface area contributed by atoms with E-state index in [-0.39, 0.29) is 17.6 Å². The lowest BCUT2D eigenvalue weighted by Gasteiger charge is -2.22. The Kier molecular flexibility index (Phi) is 2.46. The van der Waals surface area contributed by atoms with E-state index in [2.05, 4.69) is 0 Å². The summed E-state index contributed by atoms with van der Waals surface area (Å²) in [5, 5.41) is 0. The highest BCUT2D eigenvalue weighted by Crippen LogP contribution is 2.33. The van der Waals surface area contributed by atoms with Gasteiger partial charge in [0.25, 0.3) is 0 Å². The number of carbonyl (C=O) groups is 2. The molecule has 1 fully saturated rings. The van der Waals surface area contributed by atoms with E-state index in [1.54, 1.807) is 18.9 Å². The lowest BCUT2D eigenvalue weighted by Crippen LogP contribution is -2.39. The highest BCUT2D eigenvalue weighted by molar-refractivity contribution is 6.07. The summed E-state index contributed by atoms with van der Waals surface area (Å²) in [5.74, 6) is -0.00602. The van der Waals surface area contributed by atoms with Crippen LogP contribution in [0.2, 0.25) is 0 Å². The Morgan fingerprint density at radius 1 is 1.54 bits per heavy atom. The van der Waals surface area contributed by atoms with E-state index in [0.29, 0.717) is 13.0 Å². The average molecular weight is 183 g/mol. The van der Waals surface area contributed by atoms with Crippen LogP contribution in [0.15, 0.2) is 0 Å². The maximum Gasteiger partial charge on any atom is 0.235 e. The third-order valence-electron chi connectivity index (χ3n) is 2.83. The quantitative estimate of drug-likeness (QED) is 0.601. The molecular weight excluding hydrogens is 166 g/mol. The molecule has 0 saturated carbocycles. The Morgan fingerprint density at radius 3 is 2.38 bits per heavy atom. The second-order valence-electron chi connectivity index (χ2n) is 4.33. The molecule has 1 amide bonds. The minimum Gasteiger partial charge on any atom is -0.345 e. The molecule has 0 bridgehead atoms. The molecular formula is C10H17NO2. The van der Waals surface area contributed by atoms with Gasteiger partial charge in [0.1, 0.15) is 5.41 Å². The van der Waals surface area contributed by atoms with E-state index in [1.807, 2.05) is 13.8 Å². The van der Waals surface area contributed by atoms with Crippen molar-refractivity contribution in [1.82, 2.24) is 4.90 Å². The smallest absolute Gasteiger partial charge is 0.235 e. The number of Topliss-reactive ketones (excluding diaryl/α,β-unsaturated/α-hetero) is 1. The fourth-order valence-electron chi connectivity index (χ4n) is 1.89. The molecule has 3 heteroatoms. The molecule has 0 aromatic carbocycles. The molecule has 0 unspecified atom stereocenters. The number of amides is 1. The minimum absolute atomic E-state index is 0.0220. The lowest BCUT2D eigenvalue weighted by atomic mass is 9.79. The monoisotopic (exact) mass is 183 g/mol. The van der Waals surface area contributed by atoms with E-state index >= 15 is 0 Å². The van der Waals surface area contributed by atoms with Gasteiger partial charge in [-0.25, -0.2) is 0 Å². The van der Waals surface area contributed by atoms with Gasteiger partial charge in [0.15, 0.2) is 5.78 Å². The number of nitrogens with zero attached hydrogens (tertiary/aromatic N) is 1. The molecule has 0 N–H and O–H groups in total. The summed E-state index contributed by atoms with van der Waals surface area (Å²) in [5.41, 5.74) is -0.747. The van der Waals surface area contributed by atoms with Crippen LogP contribution < -0.4 is 0 Å². The summed E-state index contributed by atoms with van der Waals surface area (Å²) < 4.78 is 0. The van der Waals surface area contributed by atoms with Crippen LogP contribution in [-0.4, -0.2) is 30.2 Å². The van der Waals surface area contributed by atoms with Gasteiger partial charge in [0, 0.05) is 19.5 Å². The predicted octanol–water partition coefficient (Wildman–Crippen LogP) is 1.08. The second-order valence-corrected chi connectivity index (χ2v) is 4.33. The van der Waals surface area contributed by atoms with Crippen LogP contribution in [0, 0.1) is 11.3 Å². The Morgan fingerprint density at radius 2 is 2.08 bits per heavy atom. The van der Waals surface area contributed by atoms with Crippen molar-refractivity contribution in [1.29, 1.82) is 0 Å². The first-order valence-electron chi connectivity index (χ1n) is 4.69. The van der Waals surface area contributed by atoms with Crippen molar-refractivity contribution in [2.45, 2.75) is 27.2 Å². The van der Waals surface area contributed by atoms with Crippen molar-refractivity contribution in [2.75, 3.05) is 13.6 Å². The number of rotatable bonds is 2. The lowest BCUT2D eigenvalue weighted by molar-refractivity contribution is -0.144. The van der Waals surface area contributed by atoms with E-state index < -0.39 is 5.41 Å². The largest absolute Gasteiger partial charge is 0.345 e. The van der Waals surface area contributed by atoms with Crippen molar-refractivity contribution < 1.29 is 9.59 Å². The van der Waals surface area contributed by atoms with E-state index in [9.17, 15) is 9.59 Å². The van der Waals surface area contributed by atoms with E-state index in [0.717, 1.165) is 0 Å². The fraction of sp³-hybridized carbons (Fsp3) is 0.800. The molecule has 0 aliphatic carbocycles. The number of likely N-dealkylation sites (tertiary alicyclic amines) is 1. The zero-order valence-electron chi connectivity index (χ0n) is 8.76. The molecule has 0 aromatic rings. The summed E-state index contributed by atoms with van der Waals surface area (Å²) >= 11 is 0. The average Bonchev–Trinajstić information content (AvgIpc) is 2.33. The summed E-state index contributed by atoms with van der Waals surface area (Å²) in [6, 6.07) is 0. The number of hydrogen-bond donors (Lipinski definition) is 0. The Balaban J connectivity index is 2.89. The van der Waals surface area contributed by atoms with E-state index in [1.165, 1.54) is 0 Å². The topological polar surface area (TPSA) is 37.4 Å². The van der Waals surface area contributed by atoms with Crippen LogP contribution in [0.3, 0.4) is 0 Å². The zero-order valence-corrected chi connectivity index (χ0v) is 8.76. The molecule has 1 rings (SSSR count). The normalized spacial score (nSPS) is 28.7. The molecule has 1 aliphatic heterocycles. The van der Waals surface area contributed by atoms with Gasteiger partial charge in [-0.15, -0.1) is 0 Å². The van der Waals surface area contributed by atoms with Gasteiger partial charge in [0.2, 0.25) is 5.91 Å². The van der Waals surface area contributed by atoms with Gasteiger partial charge < -0.3 is 4.90 Å². The predicted molar refractivity (Wildman–Crippen MR) is 50.2 cm³/mol. The molecule has 1 aliphatic rings. The molecule has 3 nitrogen and oxygen atoms in total. The molecule has 1 atom stereocenters. The minimum atomic E-state index is -0.747. The maximum absolute atomic E-state index is 11.8. The molecule has 74 valence electrons. The van der Waals surface area contributed by atoms with Crippen molar-refractivity contribution >= 4 is 11.7 Å². The molecule has 1 heterocycles. The standard InChI is InChI=1S/C10H17NO2/c1-7(2)8(12)10(3)5-6-11(4)9(10)13/h7H,5-6H2,1-4H3/t10-/m0/s1.